The van der Waals surface area contributed by atoms with Crippen molar-refractivity contribution in [1.29, 1.82) is 0 Å². The first kappa shape index (κ1) is 34.8. The molecule has 9 nitrogen and oxygen atoms in total. The lowest BCUT2D eigenvalue weighted by Gasteiger charge is -2.11. The molecule has 2 N–H and O–H groups in total. The second kappa shape index (κ2) is 20.5. The van der Waals surface area contributed by atoms with E-state index in [2.05, 4.69) is 38.7 Å². The molecule has 0 unspecified atom stereocenters. The van der Waals surface area contributed by atoms with Gasteiger partial charge in [-0.25, -0.2) is 10.2 Å². The van der Waals surface area contributed by atoms with Crippen molar-refractivity contribution in [1.82, 2.24) is 10.7 Å². The van der Waals surface area contributed by atoms with Gasteiger partial charge in [-0.3, -0.25) is 9.59 Å². The van der Waals surface area contributed by atoms with Crippen molar-refractivity contribution < 1.29 is 28.6 Å². The van der Waals surface area contributed by atoms with E-state index in [1.54, 1.807) is 30.3 Å². The summed E-state index contributed by atoms with van der Waals surface area (Å²) in [5, 5.41) is 6.59. The minimum Gasteiger partial charge on any atom is -0.493 e. The molecule has 230 valence electrons. The van der Waals surface area contributed by atoms with Crippen LogP contribution in [0.5, 0.6) is 17.2 Å². The fourth-order valence-corrected chi connectivity index (χ4v) is 4.64. The number of hydrazone groups is 1. The molecule has 0 aliphatic heterocycles. The third kappa shape index (κ3) is 13.5. The molecule has 0 spiro atoms. The van der Waals surface area contributed by atoms with Crippen molar-refractivity contribution in [2.45, 2.75) is 84.0 Å². The zero-order valence-corrected chi connectivity index (χ0v) is 26.6. The number of rotatable bonds is 20. The Hall–Kier alpha value is -3.40. The normalized spacial score (nSPS) is 10.9. The number of hydrogen-bond donors (Lipinski definition) is 2. The molecule has 0 aliphatic carbocycles. The highest BCUT2D eigenvalue weighted by Gasteiger charge is 2.15. The molecular formula is C32H44BrN3O6. The molecule has 0 saturated carbocycles. The Morgan fingerprint density at radius 3 is 2.05 bits per heavy atom. The Morgan fingerprint density at radius 2 is 1.40 bits per heavy atom. The number of methoxy groups -OCH3 is 2. The maximum Gasteiger partial charge on any atom is 0.343 e. The van der Waals surface area contributed by atoms with E-state index >= 15 is 0 Å². The number of carbonyl (C=O) groups excluding carboxylic acids is 3. The van der Waals surface area contributed by atoms with Crippen molar-refractivity contribution in [3.05, 3.63) is 52.0 Å². The fourth-order valence-electron chi connectivity index (χ4n) is 4.27. The third-order valence-corrected chi connectivity index (χ3v) is 7.13. The van der Waals surface area contributed by atoms with Crippen molar-refractivity contribution in [3.8, 4) is 17.2 Å². The number of amides is 2. The number of hydrogen-bond acceptors (Lipinski definition) is 7. The SMILES string of the molecule is CCCCCCCCCCCCCC(=O)NCC(=O)N/N=C/c1cc(Br)ccc1OC(=O)c1ccc(OC)c(OC)c1. The molecule has 0 bridgehead atoms. The topological polar surface area (TPSA) is 115 Å². The van der Waals surface area contributed by atoms with Gasteiger partial charge in [0.2, 0.25) is 5.91 Å². The second-order valence-corrected chi connectivity index (χ2v) is 10.9. The Bertz CT molecular complexity index is 1170. The van der Waals surface area contributed by atoms with Crippen LogP contribution in [-0.2, 0) is 9.59 Å². The van der Waals surface area contributed by atoms with Crippen LogP contribution >= 0.6 is 15.9 Å². The average molecular weight is 647 g/mol. The van der Waals surface area contributed by atoms with E-state index in [1.165, 1.54) is 77.9 Å². The predicted octanol–water partition coefficient (Wildman–Crippen LogP) is 6.95. The van der Waals surface area contributed by atoms with E-state index in [9.17, 15) is 14.4 Å². The van der Waals surface area contributed by atoms with Gasteiger partial charge in [-0.1, -0.05) is 87.1 Å². The fraction of sp³-hybridized carbons (Fsp3) is 0.500. The van der Waals surface area contributed by atoms with Crippen LogP contribution in [0.3, 0.4) is 0 Å². The van der Waals surface area contributed by atoms with Crippen LogP contribution in [0.15, 0.2) is 46.0 Å². The molecular weight excluding hydrogens is 602 g/mol. The molecule has 2 rings (SSSR count). The zero-order chi connectivity index (χ0) is 30.6. The number of carbonyl (C=O) groups is 3. The summed E-state index contributed by atoms with van der Waals surface area (Å²) in [6.07, 6.45) is 15.2. The van der Waals surface area contributed by atoms with E-state index in [1.807, 2.05) is 0 Å². The Labute approximate surface area is 257 Å². The number of nitrogens with zero attached hydrogens (tertiary/aromatic N) is 1. The molecule has 0 fully saturated rings. The summed E-state index contributed by atoms with van der Waals surface area (Å²) in [5.74, 6) is -0.0720. The average Bonchev–Trinajstić information content (AvgIpc) is 2.99. The quantitative estimate of drug-likeness (QED) is 0.0529. The number of halogens is 1. The van der Waals surface area contributed by atoms with Gasteiger partial charge in [-0.05, 0) is 42.8 Å². The molecule has 0 atom stereocenters. The van der Waals surface area contributed by atoms with E-state index in [0.29, 0.717) is 23.5 Å². The molecule has 2 aromatic carbocycles. The van der Waals surface area contributed by atoms with Crippen LogP contribution in [-0.4, -0.2) is 44.8 Å². The summed E-state index contributed by atoms with van der Waals surface area (Å²) in [4.78, 5) is 37.0. The lowest BCUT2D eigenvalue weighted by molar-refractivity contribution is -0.126. The maximum absolute atomic E-state index is 12.8. The van der Waals surface area contributed by atoms with Gasteiger partial charge in [-0.15, -0.1) is 0 Å². The molecule has 42 heavy (non-hydrogen) atoms. The van der Waals surface area contributed by atoms with Gasteiger partial charge in [0.25, 0.3) is 5.91 Å². The summed E-state index contributed by atoms with van der Waals surface area (Å²) in [6.45, 7) is 2.06. The number of ether oxygens (including phenoxy) is 3. The van der Waals surface area contributed by atoms with Crippen LogP contribution in [0, 0.1) is 0 Å². The van der Waals surface area contributed by atoms with E-state index in [0.717, 1.165) is 23.7 Å². The molecule has 0 aliphatic rings. The van der Waals surface area contributed by atoms with Gasteiger partial charge in [0.15, 0.2) is 11.5 Å². The number of esters is 1. The molecule has 0 heterocycles. The van der Waals surface area contributed by atoms with E-state index in [4.69, 9.17) is 14.2 Å². The lowest BCUT2D eigenvalue weighted by Crippen LogP contribution is -2.34. The Balaban J connectivity index is 1.72. The van der Waals surface area contributed by atoms with Gasteiger partial charge in [0, 0.05) is 16.5 Å². The number of benzene rings is 2. The highest BCUT2D eigenvalue weighted by atomic mass is 79.9. The van der Waals surface area contributed by atoms with Crippen molar-refractivity contribution in [2.75, 3.05) is 20.8 Å². The summed E-state index contributed by atoms with van der Waals surface area (Å²) in [7, 11) is 2.99. The first-order valence-electron chi connectivity index (χ1n) is 14.7. The molecule has 10 heteroatoms. The first-order valence-corrected chi connectivity index (χ1v) is 15.5. The summed E-state index contributed by atoms with van der Waals surface area (Å²) >= 11 is 3.39. The molecule has 0 saturated heterocycles. The van der Waals surface area contributed by atoms with Crippen LogP contribution in [0.25, 0.3) is 0 Å². The maximum atomic E-state index is 12.8. The van der Waals surface area contributed by atoms with Gasteiger partial charge in [0.05, 0.1) is 32.5 Å². The smallest absolute Gasteiger partial charge is 0.343 e. The van der Waals surface area contributed by atoms with Gasteiger partial charge in [0.1, 0.15) is 5.75 Å². The van der Waals surface area contributed by atoms with Crippen LogP contribution in [0.4, 0.5) is 0 Å². The lowest BCUT2D eigenvalue weighted by atomic mass is 10.1. The monoisotopic (exact) mass is 645 g/mol. The summed E-state index contributed by atoms with van der Waals surface area (Å²) in [5.41, 5.74) is 3.12. The van der Waals surface area contributed by atoms with Gasteiger partial charge < -0.3 is 19.5 Å². The molecule has 0 aromatic heterocycles. The molecule has 0 radical (unpaired) electrons. The standard InChI is InChI=1S/C32H44BrN3O6/c1-4-5-6-7-8-9-10-11-12-13-14-15-30(37)34-23-31(38)36-35-22-25-20-26(33)17-19-27(25)42-32(39)24-16-18-28(40-2)29(21-24)41-3/h16-22H,4-15,23H2,1-3H3,(H,34,37)(H,36,38)/b35-22+. The van der Waals surface area contributed by atoms with Crippen molar-refractivity contribution in [3.63, 3.8) is 0 Å². The predicted molar refractivity (Wildman–Crippen MR) is 168 cm³/mol. The second-order valence-electron chi connectivity index (χ2n) is 10.00. The highest BCUT2D eigenvalue weighted by Crippen LogP contribution is 2.29. The largest absolute Gasteiger partial charge is 0.493 e. The number of nitrogens with one attached hydrogen (secondary N) is 2. The molecule has 2 aromatic rings. The molecule has 2 amide bonds. The third-order valence-electron chi connectivity index (χ3n) is 6.64. The summed E-state index contributed by atoms with van der Waals surface area (Å²) < 4.78 is 16.8. The zero-order valence-electron chi connectivity index (χ0n) is 25.0. The van der Waals surface area contributed by atoms with Gasteiger partial charge >= 0.3 is 5.97 Å². The van der Waals surface area contributed by atoms with Gasteiger partial charge in [-0.2, -0.15) is 5.10 Å². The highest BCUT2D eigenvalue weighted by molar-refractivity contribution is 9.10. The van der Waals surface area contributed by atoms with Crippen molar-refractivity contribution in [2.24, 2.45) is 5.10 Å². The van der Waals surface area contributed by atoms with Crippen LogP contribution in [0.2, 0.25) is 0 Å². The van der Waals surface area contributed by atoms with Crippen LogP contribution in [0.1, 0.15) is 99.9 Å². The van der Waals surface area contributed by atoms with E-state index < -0.39 is 11.9 Å². The van der Waals surface area contributed by atoms with E-state index in [-0.39, 0.29) is 23.8 Å². The minimum atomic E-state index is -0.600. The van der Waals surface area contributed by atoms with Crippen molar-refractivity contribution >= 4 is 39.9 Å². The Morgan fingerprint density at radius 1 is 0.786 bits per heavy atom. The summed E-state index contributed by atoms with van der Waals surface area (Å²) in [6, 6.07) is 9.74. The Kier molecular flexibility index (Phi) is 17.0. The van der Waals surface area contributed by atoms with Crippen LogP contribution < -0.4 is 25.0 Å². The number of unbranched alkanes of at least 4 members (excludes halogenated alkanes) is 10. The first-order chi connectivity index (χ1) is 20.4. The minimum absolute atomic E-state index is 0.151.